The fraction of sp³-hybridized carbons (Fsp3) is 0.263. The molecule has 0 heterocycles. The molecule has 0 spiro atoms. The summed E-state index contributed by atoms with van der Waals surface area (Å²) in [6, 6.07) is 14.5. The molecule has 0 unspecified atom stereocenters. The summed E-state index contributed by atoms with van der Waals surface area (Å²) in [5.74, 6) is -1.13. The first-order chi connectivity index (χ1) is 12.8. The van der Waals surface area contributed by atoms with Crippen molar-refractivity contribution in [3.05, 3.63) is 65.7 Å². The van der Waals surface area contributed by atoms with E-state index in [0.29, 0.717) is 0 Å². The number of anilines is 1. The highest BCUT2D eigenvalue weighted by Crippen LogP contribution is 2.17. The van der Waals surface area contributed by atoms with Crippen molar-refractivity contribution in [2.24, 2.45) is 0 Å². The van der Waals surface area contributed by atoms with Crippen LogP contribution < -0.4 is 10.0 Å². The molecule has 0 aliphatic carbocycles. The van der Waals surface area contributed by atoms with Gasteiger partial charge in [-0.15, -0.1) is 0 Å². The van der Waals surface area contributed by atoms with Crippen LogP contribution in [0.25, 0.3) is 0 Å². The monoisotopic (exact) mass is 390 g/mol. The van der Waals surface area contributed by atoms with Gasteiger partial charge in [0.1, 0.15) is 6.04 Å². The van der Waals surface area contributed by atoms with E-state index in [4.69, 9.17) is 4.74 Å². The van der Waals surface area contributed by atoms with Crippen molar-refractivity contribution in [2.45, 2.75) is 19.4 Å². The van der Waals surface area contributed by atoms with Crippen molar-refractivity contribution in [2.75, 3.05) is 17.6 Å². The number of ether oxygens (including phenoxy) is 1. The highest BCUT2D eigenvalue weighted by molar-refractivity contribution is 7.92. The standard InChI is InChI=1S/C19H22N2O5S/c1-3-26-19(23)17(13-14-9-5-4-6-10-14)20-18(22)15-11-7-8-12-16(15)21-27(2,24)25/h4-12,17,21H,3,13H2,1-2H3,(H,20,22)/t17-/m0/s1. The molecule has 0 aromatic heterocycles. The van der Waals surface area contributed by atoms with Gasteiger partial charge in [-0.1, -0.05) is 42.5 Å². The van der Waals surface area contributed by atoms with Gasteiger partial charge in [-0.3, -0.25) is 9.52 Å². The second-order valence-electron chi connectivity index (χ2n) is 5.89. The molecule has 0 radical (unpaired) electrons. The first-order valence-electron chi connectivity index (χ1n) is 8.38. The van der Waals surface area contributed by atoms with Crippen LogP contribution in [-0.4, -0.2) is 39.2 Å². The van der Waals surface area contributed by atoms with Gasteiger partial charge in [0.2, 0.25) is 10.0 Å². The minimum Gasteiger partial charge on any atom is -0.464 e. The fourth-order valence-electron chi connectivity index (χ4n) is 2.49. The van der Waals surface area contributed by atoms with E-state index in [0.717, 1.165) is 11.8 Å². The van der Waals surface area contributed by atoms with Crippen LogP contribution in [0.2, 0.25) is 0 Å². The first kappa shape index (κ1) is 20.4. The minimum atomic E-state index is -3.56. The molecule has 0 aliphatic heterocycles. The molecule has 2 aromatic rings. The molecular weight excluding hydrogens is 368 g/mol. The molecule has 1 atom stereocenters. The van der Waals surface area contributed by atoms with Crippen LogP contribution in [0.15, 0.2) is 54.6 Å². The van der Waals surface area contributed by atoms with Gasteiger partial charge in [0.05, 0.1) is 24.1 Å². The molecule has 0 fully saturated rings. The van der Waals surface area contributed by atoms with Crippen LogP contribution in [0.3, 0.4) is 0 Å². The van der Waals surface area contributed by atoms with Crippen LogP contribution in [-0.2, 0) is 26.0 Å². The van der Waals surface area contributed by atoms with Crippen molar-refractivity contribution in [1.29, 1.82) is 0 Å². The quantitative estimate of drug-likeness (QED) is 0.671. The van der Waals surface area contributed by atoms with Gasteiger partial charge in [0.25, 0.3) is 5.91 Å². The van der Waals surface area contributed by atoms with Gasteiger partial charge in [-0.05, 0) is 24.6 Å². The van der Waals surface area contributed by atoms with Gasteiger partial charge in [0, 0.05) is 6.42 Å². The number of hydrogen-bond donors (Lipinski definition) is 2. The number of rotatable bonds is 8. The summed E-state index contributed by atoms with van der Waals surface area (Å²) in [4.78, 5) is 25.0. The molecule has 2 N–H and O–H groups in total. The first-order valence-corrected chi connectivity index (χ1v) is 10.3. The van der Waals surface area contributed by atoms with Gasteiger partial charge in [-0.25, -0.2) is 13.2 Å². The zero-order valence-corrected chi connectivity index (χ0v) is 16.0. The number of nitrogens with one attached hydrogen (secondary N) is 2. The largest absolute Gasteiger partial charge is 0.464 e. The number of carbonyl (C=O) groups is 2. The topological polar surface area (TPSA) is 102 Å². The Hall–Kier alpha value is -2.87. The number of amides is 1. The predicted molar refractivity (Wildman–Crippen MR) is 103 cm³/mol. The van der Waals surface area contributed by atoms with Gasteiger partial charge >= 0.3 is 5.97 Å². The minimum absolute atomic E-state index is 0.116. The van der Waals surface area contributed by atoms with Crippen LogP contribution in [0.4, 0.5) is 5.69 Å². The summed E-state index contributed by atoms with van der Waals surface area (Å²) in [5, 5.41) is 2.64. The lowest BCUT2D eigenvalue weighted by Crippen LogP contribution is -2.43. The lowest BCUT2D eigenvalue weighted by molar-refractivity contribution is -0.145. The van der Waals surface area contributed by atoms with Crippen LogP contribution in [0.1, 0.15) is 22.8 Å². The lowest BCUT2D eigenvalue weighted by Gasteiger charge is -2.18. The smallest absolute Gasteiger partial charge is 0.328 e. The van der Waals surface area contributed by atoms with Crippen LogP contribution in [0.5, 0.6) is 0 Å². The molecule has 8 heteroatoms. The second-order valence-corrected chi connectivity index (χ2v) is 7.64. The average molecular weight is 390 g/mol. The maximum absolute atomic E-state index is 12.7. The Bertz CT molecular complexity index is 897. The molecule has 2 rings (SSSR count). The number of carbonyl (C=O) groups excluding carboxylic acids is 2. The molecule has 0 bridgehead atoms. The summed E-state index contributed by atoms with van der Waals surface area (Å²) in [7, 11) is -3.56. The summed E-state index contributed by atoms with van der Waals surface area (Å²) >= 11 is 0. The lowest BCUT2D eigenvalue weighted by atomic mass is 10.1. The highest BCUT2D eigenvalue weighted by Gasteiger charge is 2.24. The SMILES string of the molecule is CCOC(=O)[C@H](Cc1ccccc1)NC(=O)c1ccccc1NS(C)(=O)=O. The molecule has 0 saturated carbocycles. The molecule has 0 saturated heterocycles. The molecular formula is C19H22N2O5S. The van der Waals surface area contributed by atoms with E-state index in [1.807, 2.05) is 30.3 Å². The van der Waals surface area contributed by atoms with Gasteiger partial charge in [0.15, 0.2) is 0 Å². The maximum Gasteiger partial charge on any atom is 0.328 e. The third kappa shape index (κ3) is 6.41. The van der Waals surface area contributed by atoms with E-state index in [9.17, 15) is 18.0 Å². The van der Waals surface area contributed by atoms with Crippen LogP contribution >= 0.6 is 0 Å². The number of hydrogen-bond acceptors (Lipinski definition) is 5. The Balaban J connectivity index is 2.24. The van der Waals surface area contributed by atoms with Gasteiger partial charge < -0.3 is 10.1 Å². The zero-order valence-electron chi connectivity index (χ0n) is 15.1. The highest BCUT2D eigenvalue weighted by atomic mass is 32.2. The van der Waals surface area contributed by atoms with Crippen molar-refractivity contribution in [3.63, 3.8) is 0 Å². The molecule has 7 nitrogen and oxygen atoms in total. The summed E-state index contributed by atoms with van der Waals surface area (Å²) < 4.78 is 30.4. The number of esters is 1. The number of sulfonamides is 1. The van der Waals surface area contributed by atoms with Crippen molar-refractivity contribution in [3.8, 4) is 0 Å². The Morgan fingerprint density at radius 1 is 1.04 bits per heavy atom. The molecule has 0 aliphatic rings. The van der Waals surface area contributed by atoms with E-state index in [-0.39, 0.29) is 24.3 Å². The molecule has 1 amide bonds. The van der Waals surface area contributed by atoms with Crippen molar-refractivity contribution in [1.82, 2.24) is 5.32 Å². The zero-order chi connectivity index (χ0) is 19.9. The second kappa shape index (κ2) is 9.18. The third-order valence-electron chi connectivity index (χ3n) is 3.63. The third-order valence-corrected chi connectivity index (χ3v) is 4.22. The summed E-state index contributed by atoms with van der Waals surface area (Å²) in [5.41, 5.74) is 1.11. The Labute approximate surface area is 158 Å². The van der Waals surface area contributed by atoms with E-state index in [1.165, 1.54) is 12.1 Å². The molecule has 144 valence electrons. The van der Waals surface area contributed by atoms with Crippen molar-refractivity contribution < 1.29 is 22.7 Å². The summed E-state index contributed by atoms with van der Waals surface area (Å²) in [6.45, 7) is 1.87. The Kier molecular flexibility index (Phi) is 6.95. The Morgan fingerprint density at radius 3 is 2.30 bits per heavy atom. The van der Waals surface area contributed by atoms with E-state index in [1.54, 1.807) is 19.1 Å². The molecule has 27 heavy (non-hydrogen) atoms. The fourth-order valence-corrected chi connectivity index (χ4v) is 3.07. The average Bonchev–Trinajstić information content (AvgIpc) is 2.61. The summed E-state index contributed by atoms with van der Waals surface area (Å²) in [6.07, 6.45) is 1.26. The van der Waals surface area contributed by atoms with Crippen molar-refractivity contribution >= 4 is 27.6 Å². The normalized spacial score (nSPS) is 12.1. The number of benzene rings is 2. The molecule has 2 aromatic carbocycles. The van der Waals surface area contributed by atoms with Gasteiger partial charge in [-0.2, -0.15) is 0 Å². The van der Waals surface area contributed by atoms with Crippen LogP contribution in [0, 0.1) is 0 Å². The maximum atomic E-state index is 12.7. The predicted octanol–water partition coefficient (Wildman–Crippen LogP) is 1.96. The Morgan fingerprint density at radius 2 is 1.67 bits per heavy atom. The number of para-hydroxylation sites is 1. The van der Waals surface area contributed by atoms with E-state index >= 15 is 0 Å². The van der Waals surface area contributed by atoms with E-state index < -0.39 is 27.9 Å². The van der Waals surface area contributed by atoms with E-state index in [2.05, 4.69) is 10.0 Å².